The van der Waals surface area contributed by atoms with Gasteiger partial charge in [0.05, 0.1) is 30.3 Å². The number of amides is 1. The number of carboxylic acids is 2. The van der Waals surface area contributed by atoms with Gasteiger partial charge in [-0.2, -0.15) is 4.31 Å². The quantitative estimate of drug-likeness (QED) is 0.382. The third kappa shape index (κ3) is 8.37. The molecule has 2 atom stereocenters. The number of carboxylic acid groups (broad SMARTS) is 2. The van der Waals surface area contributed by atoms with Crippen molar-refractivity contribution in [2.45, 2.75) is 36.8 Å². The van der Waals surface area contributed by atoms with E-state index in [-0.39, 0.29) is 16.9 Å². The molecule has 0 aliphatic carbocycles. The van der Waals surface area contributed by atoms with Crippen LogP contribution in [0.2, 0.25) is 0 Å². The number of nitrogens with zero attached hydrogens (tertiary/aromatic N) is 1. The molecule has 0 spiro atoms. The molecule has 184 valence electrons. The monoisotopic (exact) mass is 487 g/mol. The number of rotatable bonds is 7. The second-order valence-corrected chi connectivity index (χ2v) is 9.35. The molecule has 2 aliphatic heterocycles. The lowest BCUT2D eigenvalue weighted by atomic mass is 10.2. The molecule has 0 aromatic heterocycles. The van der Waals surface area contributed by atoms with Crippen molar-refractivity contribution in [2.75, 3.05) is 44.8 Å². The van der Waals surface area contributed by atoms with Gasteiger partial charge in [-0.05, 0) is 38.0 Å². The molecule has 13 heteroatoms. The maximum Gasteiger partial charge on any atom is 0.414 e. The zero-order chi connectivity index (χ0) is 24.4. The van der Waals surface area contributed by atoms with Crippen molar-refractivity contribution in [3.63, 3.8) is 0 Å². The van der Waals surface area contributed by atoms with Gasteiger partial charge in [-0.1, -0.05) is 6.07 Å². The number of benzene rings is 1. The minimum Gasteiger partial charge on any atom is -0.473 e. The lowest BCUT2D eigenvalue weighted by molar-refractivity contribution is -0.159. The number of sulfonamides is 1. The van der Waals surface area contributed by atoms with Crippen LogP contribution in [0.5, 0.6) is 0 Å². The highest BCUT2D eigenvalue weighted by atomic mass is 32.2. The molecule has 1 aromatic carbocycles. The first-order valence-corrected chi connectivity index (χ1v) is 11.8. The van der Waals surface area contributed by atoms with E-state index in [1.807, 2.05) is 0 Å². The first-order valence-electron chi connectivity index (χ1n) is 10.4. The van der Waals surface area contributed by atoms with Crippen LogP contribution in [-0.4, -0.2) is 92.4 Å². The third-order valence-electron chi connectivity index (χ3n) is 4.96. The summed E-state index contributed by atoms with van der Waals surface area (Å²) in [5, 5.41) is 20.7. The standard InChI is InChI=1S/C18H27N3O5S.C2H2O4/c1-14(19-13-16-5-3-9-26-16)18(22)20-15-4-2-6-17(12-15)27(23,24)21-7-10-25-11-8-21;3-1(4)2(5)6/h2,4,6,12,14,16,19H,3,5,7-11,13H2,1H3,(H,20,22);(H,3,4)(H,5,6). The Balaban J connectivity index is 0.000000569. The Morgan fingerprint density at radius 1 is 1.15 bits per heavy atom. The molecule has 1 amide bonds. The summed E-state index contributed by atoms with van der Waals surface area (Å²) in [7, 11) is -3.59. The van der Waals surface area contributed by atoms with E-state index in [4.69, 9.17) is 29.3 Å². The highest BCUT2D eigenvalue weighted by molar-refractivity contribution is 7.89. The van der Waals surface area contributed by atoms with Gasteiger partial charge in [0.15, 0.2) is 0 Å². The molecule has 2 heterocycles. The highest BCUT2D eigenvalue weighted by Gasteiger charge is 2.26. The van der Waals surface area contributed by atoms with E-state index in [9.17, 15) is 13.2 Å². The topological polar surface area (TPSA) is 172 Å². The van der Waals surface area contributed by atoms with Crippen LogP contribution >= 0.6 is 0 Å². The Bertz CT molecular complexity index is 914. The van der Waals surface area contributed by atoms with Gasteiger partial charge < -0.3 is 30.3 Å². The van der Waals surface area contributed by atoms with E-state index >= 15 is 0 Å². The van der Waals surface area contributed by atoms with E-state index in [2.05, 4.69) is 10.6 Å². The van der Waals surface area contributed by atoms with Gasteiger partial charge in [0.2, 0.25) is 15.9 Å². The number of hydrogen-bond acceptors (Lipinski definition) is 8. The number of aliphatic carboxylic acids is 2. The summed E-state index contributed by atoms with van der Waals surface area (Å²) >= 11 is 0. The molecule has 4 N–H and O–H groups in total. The molecule has 2 aliphatic rings. The average molecular weight is 488 g/mol. The molecule has 12 nitrogen and oxygen atoms in total. The van der Waals surface area contributed by atoms with Gasteiger partial charge in [-0.3, -0.25) is 4.79 Å². The van der Waals surface area contributed by atoms with Crippen LogP contribution in [0.25, 0.3) is 0 Å². The van der Waals surface area contributed by atoms with Crippen molar-refractivity contribution in [3.8, 4) is 0 Å². The van der Waals surface area contributed by atoms with Crippen molar-refractivity contribution in [2.24, 2.45) is 0 Å². The van der Waals surface area contributed by atoms with Crippen LogP contribution in [0.15, 0.2) is 29.2 Å². The Morgan fingerprint density at radius 3 is 2.39 bits per heavy atom. The van der Waals surface area contributed by atoms with E-state index in [0.29, 0.717) is 38.5 Å². The summed E-state index contributed by atoms with van der Waals surface area (Å²) in [4.78, 5) is 30.8. The van der Waals surface area contributed by atoms with E-state index in [0.717, 1.165) is 19.4 Å². The normalized spacial score (nSPS) is 19.7. The van der Waals surface area contributed by atoms with Crippen LogP contribution in [0.1, 0.15) is 19.8 Å². The molecule has 2 unspecified atom stereocenters. The fourth-order valence-electron chi connectivity index (χ4n) is 3.13. The number of anilines is 1. The Kier molecular flexibility index (Phi) is 10.2. The lowest BCUT2D eigenvalue weighted by Crippen LogP contribution is -2.41. The first kappa shape index (κ1) is 26.7. The fraction of sp³-hybridized carbons (Fsp3) is 0.550. The van der Waals surface area contributed by atoms with Crippen molar-refractivity contribution in [3.05, 3.63) is 24.3 Å². The number of morpholine rings is 1. The maximum atomic E-state index is 12.7. The Morgan fingerprint density at radius 2 is 1.82 bits per heavy atom. The van der Waals surface area contributed by atoms with Gasteiger partial charge in [-0.25, -0.2) is 18.0 Å². The van der Waals surface area contributed by atoms with Crippen molar-refractivity contribution in [1.82, 2.24) is 9.62 Å². The summed E-state index contributed by atoms with van der Waals surface area (Å²) in [5.74, 6) is -3.86. The van der Waals surface area contributed by atoms with Crippen molar-refractivity contribution >= 4 is 33.6 Å². The van der Waals surface area contributed by atoms with Crippen molar-refractivity contribution in [1.29, 1.82) is 0 Å². The molecule has 3 rings (SSSR count). The van der Waals surface area contributed by atoms with E-state index < -0.39 is 28.0 Å². The number of hydrogen-bond donors (Lipinski definition) is 4. The van der Waals surface area contributed by atoms with E-state index in [1.165, 1.54) is 10.4 Å². The van der Waals surface area contributed by atoms with E-state index in [1.54, 1.807) is 25.1 Å². The minimum absolute atomic E-state index is 0.155. The zero-order valence-electron chi connectivity index (χ0n) is 18.2. The fourth-order valence-corrected chi connectivity index (χ4v) is 4.58. The predicted octanol–water partition coefficient (Wildman–Crippen LogP) is -0.0413. The molecule has 2 saturated heterocycles. The van der Waals surface area contributed by atoms with Gasteiger partial charge in [0.1, 0.15) is 0 Å². The van der Waals surface area contributed by atoms with Gasteiger partial charge in [-0.15, -0.1) is 0 Å². The molecular weight excluding hydrogens is 458 g/mol. The molecule has 0 bridgehead atoms. The predicted molar refractivity (Wildman–Crippen MR) is 116 cm³/mol. The molecule has 0 radical (unpaired) electrons. The minimum atomic E-state index is -3.59. The number of nitrogens with one attached hydrogen (secondary N) is 2. The van der Waals surface area contributed by atoms with Gasteiger partial charge >= 0.3 is 11.9 Å². The number of ether oxygens (including phenoxy) is 2. The molecule has 0 saturated carbocycles. The SMILES string of the molecule is CC(NCC1CCCO1)C(=O)Nc1cccc(S(=O)(=O)N2CCOCC2)c1.O=C(O)C(=O)O. The highest BCUT2D eigenvalue weighted by Crippen LogP contribution is 2.20. The maximum absolute atomic E-state index is 12.7. The van der Waals surface area contributed by atoms with Crippen molar-refractivity contribution < 1.29 is 42.5 Å². The summed E-state index contributed by atoms with van der Waals surface area (Å²) < 4.78 is 37.6. The first-order chi connectivity index (χ1) is 15.6. The smallest absolute Gasteiger partial charge is 0.414 e. The van der Waals surface area contributed by atoms with Crippen LogP contribution < -0.4 is 10.6 Å². The Labute approximate surface area is 191 Å². The molecule has 33 heavy (non-hydrogen) atoms. The summed E-state index contributed by atoms with van der Waals surface area (Å²) in [5.41, 5.74) is 0.458. The summed E-state index contributed by atoms with van der Waals surface area (Å²) in [6.45, 7) is 4.63. The second-order valence-electron chi connectivity index (χ2n) is 7.41. The average Bonchev–Trinajstić information content (AvgIpc) is 3.32. The van der Waals surface area contributed by atoms with Crippen LogP contribution in [0.3, 0.4) is 0 Å². The third-order valence-corrected chi connectivity index (χ3v) is 6.86. The largest absolute Gasteiger partial charge is 0.473 e. The van der Waals surface area contributed by atoms with Gasteiger partial charge in [0, 0.05) is 31.9 Å². The second kappa shape index (κ2) is 12.6. The zero-order valence-corrected chi connectivity index (χ0v) is 19.0. The molecular formula is C20H29N3O9S. The Hall–Kier alpha value is -2.58. The number of carbonyl (C=O) groups excluding carboxylic acids is 1. The van der Waals surface area contributed by atoms with Crippen LogP contribution in [-0.2, 0) is 33.9 Å². The van der Waals surface area contributed by atoms with Gasteiger partial charge in [0.25, 0.3) is 0 Å². The summed E-state index contributed by atoms with van der Waals surface area (Å²) in [6.07, 6.45) is 2.21. The molecule has 2 fully saturated rings. The van der Waals surface area contributed by atoms with Crippen LogP contribution in [0.4, 0.5) is 5.69 Å². The number of carbonyl (C=O) groups is 3. The summed E-state index contributed by atoms with van der Waals surface area (Å²) in [6, 6.07) is 5.94. The lowest BCUT2D eigenvalue weighted by Gasteiger charge is -2.26. The van der Waals surface area contributed by atoms with Crippen LogP contribution in [0, 0.1) is 0 Å². The molecule has 1 aromatic rings.